The summed E-state index contributed by atoms with van der Waals surface area (Å²) in [6, 6.07) is 21.4. The van der Waals surface area contributed by atoms with Crippen LogP contribution in [0.5, 0.6) is 0 Å². The van der Waals surface area contributed by atoms with Crippen LogP contribution in [0.4, 0.5) is 4.79 Å². The zero-order chi connectivity index (χ0) is 19.1. The second-order valence-electron chi connectivity index (χ2n) is 5.99. The van der Waals surface area contributed by atoms with Gasteiger partial charge in [0.15, 0.2) is 0 Å². The number of pyridine rings is 1. The number of nitrogens with two attached hydrogens (primary N) is 1. The van der Waals surface area contributed by atoms with E-state index in [9.17, 15) is 9.59 Å². The van der Waals surface area contributed by atoms with Gasteiger partial charge in [-0.1, -0.05) is 48.5 Å². The molecule has 3 aromatic rings. The van der Waals surface area contributed by atoms with Crippen molar-refractivity contribution in [2.24, 2.45) is 5.73 Å². The number of rotatable bonds is 6. The Morgan fingerprint density at radius 1 is 0.926 bits per heavy atom. The monoisotopic (exact) mass is 360 g/mol. The van der Waals surface area contributed by atoms with Crippen molar-refractivity contribution in [1.29, 1.82) is 0 Å². The van der Waals surface area contributed by atoms with Crippen molar-refractivity contribution in [1.82, 2.24) is 15.6 Å². The number of aromatic nitrogens is 1. The minimum absolute atomic E-state index is 0.205. The topological polar surface area (TPSA) is 97.1 Å². The van der Waals surface area contributed by atoms with Crippen LogP contribution in [-0.2, 0) is 6.54 Å². The van der Waals surface area contributed by atoms with E-state index in [0.29, 0.717) is 12.1 Å². The first-order valence-corrected chi connectivity index (χ1v) is 8.52. The van der Waals surface area contributed by atoms with Gasteiger partial charge in [-0.3, -0.25) is 9.78 Å². The van der Waals surface area contributed by atoms with Gasteiger partial charge in [-0.05, 0) is 35.4 Å². The molecule has 6 nitrogen and oxygen atoms in total. The Morgan fingerprint density at radius 3 is 2.26 bits per heavy atom. The summed E-state index contributed by atoms with van der Waals surface area (Å²) in [6.45, 7) is 0.317. The Kier molecular flexibility index (Phi) is 5.79. The van der Waals surface area contributed by atoms with Crippen molar-refractivity contribution < 1.29 is 9.59 Å². The number of benzene rings is 2. The number of carbonyl (C=O) groups excluding carboxylic acids is 2. The summed E-state index contributed by atoms with van der Waals surface area (Å²) in [5.74, 6) is -0.205. The molecule has 0 spiro atoms. The highest BCUT2D eigenvalue weighted by Crippen LogP contribution is 2.20. The van der Waals surface area contributed by atoms with E-state index in [1.807, 2.05) is 48.5 Å². The maximum Gasteiger partial charge on any atom is 0.312 e. The highest BCUT2D eigenvalue weighted by molar-refractivity contribution is 5.94. The standard InChI is InChI=1S/C21H20N4O2/c22-21(27)24-14-15-9-11-17(12-10-15)20(26)25-19(16-6-2-1-3-7-16)18-8-4-5-13-23-18/h1-13,19H,14H2,(H,25,26)(H3,22,24,27). The molecule has 0 saturated heterocycles. The van der Waals surface area contributed by atoms with E-state index in [1.54, 1.807) is 30.5 Å². The lowest BCUT2D eigenvalue weighted by Gasteiger charge is -2.19. The molecule has 3 amide bonds. The van der Waals surface area contributed by atoms with Gasteiger partial charge >= 0.3 is 6.03 Å². The molecule has 0 radical (unpaired) electrons. The summed E-state index contributed by atoms with van der Waals surface area (Å²) >= 11 is 0. The molecule has 136 valence electrons. The van der Waals surface area contributed by atoms with Gasteiger partial charge in [-0.2, -0.15) is 0 Å². The van der Waals surface area contributed by atoms with E-state index < -0.39 is 6.03 Å². The molecule has 0 saturated carbocycles. The first-order valence-electron chi connectivity index (χ1n) is 8.52. The molecule has 1 aromatic heterocycles. The van der Waals surface area contributed by atoms with Crippen molar-refractivity contribution in [2.75, 3.05) is 0 Å². The van der Waals surface area contributed by atoms with Crippen molar-refractivity contribution in [3.8, 4) is 0 Å². The Labute approximate surface area is 157 Å². The summed E-state index contributed by atoms with van der Waals surface area (Å²) in [5.41, 5.74) is 8.16. The first kappa shape index (κ1) is 18.1. The molecular formula is C21H20N4O2. The summed E-state index contributed by atoms with van der Waals surface area (Å²) in [7, 11) is 0. The molecule has 0 aliphatic carbocycles. The predicted molar refractivity (Wildman–Crippen MR) is 103 cm³/mol. The number of urea groups is 1. The molecular weight excluding hydrogens is 340 g/mol. The fourth-order valence-electron chi connectivity index (χ4n) is 2.70. The van der Waals surface area contributed by atoms with Crippen LogP contribution in [0.1, 0.15) is 33.2 Å². The lowest BCUT2D eigenvalue weighted by Crippen LogP contribution is -2.30. The number of carbonyl (C=O) groups is 2. The van der Waals surface area contributed by atoms with Crippen LogP contribution in [0.25, 0.3) is 0 Å². The molecule has 0 bridgehead atoms. The third kappa shape index (κ3) is 4.92. The second-order valence-corrected chi connectivity index (χ2v) is 5.99. The Balaban J connectivity index is 1.77. The minimum atomic E-state index is -0.585. The largest absolute Gasteiger partial charge is 0.352 e. The van der Waals surface area contributed by atoms with E-state index in [4.69, 9.17) is 5.73 Å². The van der Waals surface area contributed by atoms with Crippen LogP contribution < -0.4 is 16.4 Å². The van der Waals surface area contributed by atoms with Gasteiger partial charge in [0, 0.05) is 18.3 Å². The second kappa shape index (κ2) is 8.62. The Morgan fingerprint density at radius 2 is 1.63 bits per heavy atom. The van der Waals surface area contributed by atoms with Gasteiger partial charge in [0.25, 0.3) is 5.91 Å². The fraction of sp³-hybridized carbons (Fsp3) is 0.0952. The normalized spacial score (nSPS) is 11.4. The third-order valence-electron chi connectivity index (χ3n) is 4.07. The summed E-state index contributed by atoms with van der Waals surface area (Å²) in [4.78, 5) is 27.9. The molecule has 0 aliphatic rings. The van der Waals surface area contributed by atoms with Crippen molar-refractivity contribution >= 4 is 11.9 Å². The van der Waals surface area contributed by atoms with Gasteiger partial charge < -0.3 is 16.4 Å². The van der Waals surface area contributed by atoms with E-state index >= 15 is 0 Å². The predicted octanol–water partition coefficient (Wildman–Crippen LogP) is 2.77. The average Bonchev–Trinajstić information content (AvgIpc) is 2.72. The van der Waals surface area contributed by atoms with Crippen LogP contribution in [0, 0.1) is 0 Å². The fourth-order valence-corrected chi connectivity index (χ4v) is 2.70. The molecule has 1 heterocycles. The smallest absolute Gasteiger partial charge is 0.312 e. The number of hydrogen-bond donors (Lipinski definition) is 3. The van der Waals surface area contributed by atoms with Crippen LogP contribution in [0.2, 0.25) is 0 Å². The molecule has 0 aliphatic heterocycles. The van der Waals surface area contributed by atoms with Crippen molar-refractivity contribution in [2.45, 2.75) is 12.6 Å². The SMILES string of the molecule is NC(=O)NCc1ccc(C(=O)NC(c2ccccc2)c2ccccn2)cc1. The average molecular weight is 360 g/mol. The number of primary amides is 1. The number of nitrogens with one attached hydrogen (secondary N) is 2. The van der Waals surface area contributed by atoms with Crippen molar-refractivity contribution in [3.63, 3.8) is 0 Å². The molecule has 6 heteroatoms. The molecule has 1 unspecified atom stereocenters. The van der Waals surface area contributed by atoms with Crippen LogP contribution >= 0.6 is 0 Å². The number of amides is 3. The van der Waals surface area contributed by atoms with Gasteiger partial charge in [-0.25, -0.2) is 4.79 Å². The van der Waals surface area contributed by atoms with E-state index in [-0.39, 0.29) is 11.9 Å². The molecule has 27 heavy (non-hydrogen) atoms. The lowest BCUT2D eigenvalue weighted by atomic mass is 10.0. The quantitative estimate of drug-likeness (QED) is 0.630. The first-order chi connectivity index (χ1) is 13.1. The zero-order valence-electron chi connectivity index (χ0n) is 14.6. The lowest BCUT2D eigenvalue weighted by molar-refractivity contribution is 0.0942. The minimum Gasteiger partial charge on any atom is -0.352 e. The summed E-state index contributed by atoms with van der Waals surface area (Å²) in [5, 5.41) is 5.56. The van der Waals surface area contributed by atoms with Crippen LogP contribution in [0.15, 0.2) is 79.0 Å². The summed E-state index contributed by atoms with van der Waals surface area (Å²) < 4.78 is 0. The van der Waals surface area contributed by atoms with Gasteiger partial charge in [0.1, 0.15) is 0 Å². The van der Waals surface area contributed by atoms with Gasteiger partial charge in [-0.15, -0.1) is 0 Å². The van der Waals surface area contributed by atoms with Crippen LogP contribution in [0.3, 0.4) is 0 Å². The Hall–Kier alpha value is -3.67. The van der Waals surface area contributed by atoms with Crippen LogP contribution in [-0.4, -0.2) is 16.9 Å². The Bertz CT molecular complexity index is 857. The molecule has 1 atom stereocenters. The van der Waals surface area contributed by atoms with E-state index in [0.717, 1.165) is 16.8 Å². The zero-order valence-corrected chi connectivity index (χ0v) is 14.6. The maximum absolute atomic E-state index is 12.8. The van der Waals surface area contributed by atoms with Crippen molar-refractivity contribution in [3.05, 3.63) is 101 Å². The highest BCUT2D eigenvalue weighted by atomic mass is 16.2. The molecule has 0 fully saturated rings. The molecule has 3 rings (SSSR count). The van der Waals surface area contributed by atoms with E-state index in [2.05, 4.69) is 15.6 Å². The molecule has 2 aromatic carbocycles. The maximum atomic E-state index is 12.8. The molecule has 4 N–H and O–H groups in total. The van der Waals surface area contributed by atoms with E-state index in [1.165, 1.54) is 0 Å². The van der Waals surface area contributed by atoms with Gasteiger partial charge in [0.2, 0.25) is 0 Å². The highest BCUT2D eigenvalue weighted by Gasteiger charge is 2.18. The third-order valence-corrected chi connectivity index (χ3v) is 4.07. The summed E-state index contributed by atoms with van der Waals surface area (Å²) in [6.07, 6.45) is 1.71. The number of hydrogen-bond acceptors (Lipinski definition) is 3. The van der Waals surface area contributed by atoms with Gasteiger partial charge in [0.05, 0.1) is 11.7 Å². The number of nitrogens with zero attached hydrogens (tertiary/aromatic N) is 1.